The van der Waals surface area contributed by atoms with Crippen LogP contribution in [0.1, 0.15) is 29.1 Å². The van der Waals surface area contributed by atoms with Crippen molar-refractivity contribution < 1.29 is 9.90 Å². The van der Waals surface area contributed by atoms with Gasteiger partial charge >= 0.3 is 5.97 Å². The van der Waals surface area contributed by atoms with E-state index in [9.17, 15) is 9.90 Å². The summed E-state index contributed by atoms with van der Waals surface area (Å²) in [5.74, 6) is 1.66. The van der Waals surface area contributed by atoms with E-state index in [1.807, 2.05) is 36.0 Å². The van der Waals surface area contributed by atoms with Gasteiger partial charge in [0.2, 0.25) is 0 Å². The van der Waals surface area contributed by atoms with E-state index >= 15 is 0 Å². The minimum Gasteiger partial charge on any atom is -0.477 e. The Kier molecular flexibility index (Phi) is 4.30. The molecule has 0 spiro atoms. The largest absolute Gasteiger partial charge is 0.477 e. The van der Waals surface area contributed by atoms with Gasteiger partial charge in [-0.3, -0.25) is 0 Å². The van der Waals surface area contributed by atoms with Crippen molar-refractivity contribution in [2.24, 2.45) is 5.92 Å². The molecule has 0 fully saturated rings. The first-order valence-electron chi connectivity index (χ1n) is 5.91. The van der Waals surface area contributed by atoms with Crippen LogP contribution in [0.15, 0.2) is 24.3 Å². The van der Waals surface area contributed by atoms with E-state index in [1.54, 1.807) is 0 Å². The second kappa shape index (κ2) is 5.76. The Morgan fingerprint density at radius 3 is 2.78 bits per heavy atom. The lowest BCUT2D eigenvalue weighted by Gasteiger charge is -2.05. The average Bonchev–Trinajstić information content (AvgIpc) is 2.68. The molecule has 4 heteroatoms. The summed E-state index contributed by atoms with van der Waals surface area (Å²) in [5.41, 5.74) is 0.980. The van der Waals surface area contributed by atoms with E-state index in [4.69, 9.17) is 0 Å². The zero-order valence-electron chi connectivity index (χ0n) is 10.5. The molecule has 0 atom stereocenters. The highest BCUT2D eigenvalue weighted by Crippen LogP contribution is 2.34. The molecular formula is C14H16O2S2. The second-order valence-electron chi connectivity index (χ2n) is 4.62. The van der Waals surface area contributed by atoms with Crippen molar-refractivity contribution in [1.29, 1.82) is 0 Å². The summed E-state index contributed by atoms with van der Waals surface area (Å²) in [4.78, 5) is 11.8. The molecule has 1 aromatic carbocycles. The SMILES string of the molecule is CC(C)CSCc1c(C(=O)O)sc2ccccc12. The number of aromatic carboxylic acids is 1. The van der Waals surface area contributed by atoms with Crippen LogP contribution in [0, 0.1) is 5.92 Å². The van der Waals surface area contributed by atoms with E-state index in [0.717, 1.165) is 27.2 Å². The van der Waals surface area contributed by atoms with E-state index < -0.39 is 5.97 Å². The number of thioether (sulfide) groups is 1. The predicted molar refractivity (Wildman–Crippen MR) is 79.8 cm³/mol. The maximum atomic E-state index is 11.3. The van der Waals surface area contributed by atoms with Gasteiger partial charge in [-0.15, -0.1) is 11.3 Å². The topological polar surface area (TPSA) is 37.3 Å². The molecule has 0 unspecified atom stereocenters. The highest BCUT2D eigenvalue weighted by atomic mass is 32.2. The number of hydrogen-bond donors (Lipinski definition) is 1. The zero-order chi connectivity index (χ0) is 13.1. The van der Waals surface area contributed by atoms with Gasteiger partial charge in [-0.05, 0) is 28.7 Å². The molecule has 2 rings (SSSR count). The molecule has 18 heavy (non-hydrogen) atoms. The second-order valence-corrected chi connectivity index (χ2v) is 6.70. The number of carbonyl (C=O) groups is 1. The summed E-state index contributed by atoms with van der Waals surface area (Å²) in [6.45, 7) is 4.35. The van der Waals surface area contributed by atoms with Crippen LogP contribution in [0.5, 0.6) is 0 Å². The Morgan fingerprint density at radius 1 is 1.39 bits per heavy atom. The van der Waals surface area contributed by atoms with Gasteiger partial charge in [0, 0.05) is 10.5 Å². The fourth-order valence-electron chi connectivity index (χ4n) is 1.81. The first-order valence-corrected chi connectivity index (χ1v) is 7.88. The lowest BCUT2D eigenvalue weighted by molar-refractivity contribution is 0.0701. The third-order valence-corrected chi connectivity index (χ3v) is 5.19. The maximum absolute atomic E-state index is 11.3. The van der Waals surface area contributed by atoms with Gasteiger partial charge in [0.15, 0.2) is 0 Å². The van der Waals surface area contributed by atoms with Crippen LogP contribution in [-0.4, -0.2) is 16.8 Å². The van der Waals surface area contributed by atoms with E-state index in [0.29, 0.717) is 10.8 Å². The quantitative estimate of drug-likeness (QED) is 0.877. The molecule has 0 bridgehead atoms. The van der Waals surface area contributed by atoms with Crippen molar-refractivity contribution in [3.8, 4) is 0 Å². The van der Waals surface area contributed by atoms with Crippen molar-refractivity contribution in [2.75, 3.05) is 5.75 Å². The molecule has 2 nitrogen and oxygen atoms in total. The summed E-state index contributed by atoms with van der Waals surface area (Å²) >= 11 is 3.19. The number of thiophene rings is 1. The van der Waals surface area contributed by atoms with Gasteiger partial charge in [0.1, 0.15) is 4.88 Å². The van der Waals surface area contributed by atoms with Crippen LogP contribution in [0.2, 0.25) is 0 Å². The maximum Gasteiger partial charge on any atom is 0.346 e. The Labute approximate surface area is 115 Å². The van der Waals surface area contributed by atoms with Crippen LogP contribution in [0.25, 0.3) is 10.1 Å². The summed E-state index contributed by atoms with van der Waals surface area (Å²) < 4.78 is 1.06. The van der Waals surface area contributed by atoms with Crippen LogP contribution in [0.3, 0.4) is 0 Å². The lowest BCUT2D eigenvalue weighted by Crippen LogP contribution is -1.98. The van der Waals surface area contributed by atoms with E-state index in [1.165, 1.54) is 11.3 Å². The third-order valence-electron chi connectivity index (χ3n) is 2.59. The molecule has 0 amide bonds. The van der Waals surface area contributed by atoms with Gasteiger partial charge in [-0.25, -0.2) is 4.79 Å². The van der Waals surface area contributed by atoms with Crippen molar-refractivity contribution >= 4 is 39.2 Å². The van der Waals surface area contributed by atoms with Gasteiger partial charge < -0.3 is 5.11 Å². The Balaban J connectivity index is 2.33. The Morgan fingerprint density at radius 2 is 2.11 bits per heavy atom. The standard InChI is InChI=1S/C14H16O2S2/c1-9(2)7-17-8-11-10-5-3-4-6-12(10)18-13(11)14(15)16/h3-6,9H,7-8H2,1-2H3,(H,15,16). The molecule has 1 aromatic heterocycles. The van der Waals surface area contributed by atoms with Crippen molar-refractivity contribution in [3.05, 3.63) is 34.7 Å². The van der Waals surface area contributed by atoms with Crippen LogP contribution < -0.4 is 0 Å². The van der Waals surface area contributed by atoms with Crippen molar-refractivity contribution in [1.82, 2.24) is 0 Å². The molecule has 0 radical (unpaired) electrons. The fourth-order valence-corrected chi connectivity index (χ4v) is 4.06. The summed E-state index contributed by atoms with van der Waals surface area (Å²) in [7, 11) is 0. The Hall–Kier alpha value is -1.00. The molecule has 1 heterocycles. The molecule has 0 saturated carbocycles. The predicted octanol–water partition coefficient (Wildman–Crippen LogP) is 4.49. The summed E-state index contributed by atoms with van der Waals surface area (Å²) in [6, 6.07) is 7.93. The van der Waals surface area contributed by atoms with E-state index in [-0.39, 0.29) is 0 Å². The van der Waals surface area contributed by atoms with Crippen molar-refractivity contribution in [3.63, 3.8) is 0 Å². The molecule has 0 aliphatic heterocycles. The lowest BCUT2D eigenvalue weighted by atomic mass is 10.1. The third kappa shape index (κ3) is 2.87. The smallest absolute Gasteiger partial charge is 0.346 e. The molecular weight excluding hydrogens is 264 g/mol. The fraction of sp³-hybridized carbons (Fsp3) is 0.357. The monoisotopic (exact) mass is 280 g/mol. The molecule has 1 N–H and O–H groups in total. The van der Waals surface area contributed by atoms with Gasteiger partial charge in [0.05, 0.1) is 0 Å². The first-order chi connectivity index (χ1) is 8.59. The van der Waals surface area contributed by atoms with E-state index in [2.05, 4.69) is 13.8 Å². The zero-order valence-corrected chi connectivity index (χ0v) is 12.1. The van der Waals surface area contributed by atoms with Crippen LogP contribution in [0.4, 0.5) is 0 Å². The van der Waals surface area contributed by atoms with Crippen molar-refractivity contribution in [2.45, 2.75) is 19.6 Å². The highest BCUT2D eigenvalue weighted by molar-refractivity contribution is 7.98. The highest BCUT2D eigenvalue weighted by Gasteiger charge is 2.17. The number of rotatable bonds is 5. The first kappa shape index (κ1) is 13.4. The van der Waals surface area contributed by atoms with Gasteiger partial charge in [0.25, 0.3) is 0 Å². The molecule has 0 saturated heterocycles. The minimum atomic E-state index is -0.809. The molecule has 96 valence electrons. The van der Waals surface area contributed by atoms with Gasteiger partial charge in [-0.1, -0.05) is 32.0 Å². The average molecular weight is 280 g/mol. The number of hydrogen-bond acceptors (Lipinski definition) is 3. The number of carboxylic acids is 1. The Bertz CT molecular complexity index is 558. The summed E-state index contributed by atoms with van der Waals surface area (Å²) in [6.07, 6.45) is 0. The normalized spacial score (nSPS) is 11.3. The number of benzene rings is 1. The molecule has 2 aromatic rings. The van der Waals surface area contributed by atoms with Gasteiger partial charge in [-0.2, -0.15) is 11.8 Å². The van der Waals surface area contributed by atoms with Crippen LogP contribution in [-0.2, 0) is 5.75 Å². The molecule has 0 aliphatic rings. The molecule has 0 aliphatic carbocycles. The number of fused-ring (bicyclic) bond motifs is 1. The summed E-state index contributed by atoms with van der Waals surface area (Å²) in [5, 5.41) is 10.4. The number of carboxylic acid groups (broad SMARTS) is 1. The van der Waals surface area contributed by atoms with Crippen LogP contribution >= 0.6 is 23.1 Å². The minimum absolute atomic E-state index is 0.493.